The summed E-state index contributed by atoms with van der Waals surface area (Å²) >= 11 is 0. The Kier molecular flexibility index (Phi) is 4.67. The molecule has 2 rings (SSSR count). The van der Waals surface area contributed by atoms with E-state index < -0.39 is 10.0 Å². The van der Waals surface area contributed by atoms with E-state index in [9.17, 15) is 13.5 Å². The number of piperazine rings is 1. The van der Waals surface area contributed by atoms with Crippen LogP contribution in [-0.4, -0.2) is 61.2 Å². The van der Waals surface area contributed by atoms with Crippen molar-refractivity contribution in [3.05, 3.63) is 29.8 Å². The van der Waals surface area contributed by atoms with Gasteiger partial charge in [-0.2, -0.15) is 4.31 Å². The summed E-state index contributed by atoms with van der Waals surface area (Å²) in [4.78, 5) is 2.31. The monoisotopic (exact) mass is 298 g/mol. The molecule has 0 spiro atoms. The molecule has 1 aromatic carbocycles. The molecular weight excluding hydrogens is 276 g/mol. The Morgan fingerprint density at radius 1 is 1.15 bits per heavy atom. The lowest BCUT2D eigenvalue weighted by Crippen LogP contribution is -2.51. The van der Waals surface area contributed by atoms with Gasteiger partial charge >= 0.3 is 0 Å². The van der Waals surface area contributed by atoms with Crippen LogP contribution in [0.4, 0.5) is 0 Å². The Morgan fingerprint density at radius 3 is 2.20 bits per heavy atom. The highest BCUT2D eigenvalue weighted by Crippen LogP contribution is 2.15. The highest BCUT2D eigenvalue weighted by atomic mass is 32.2. The topological polar surface area (TPSA) is 60.9 Å². The molecule has 1 unspecified atom stereocenters. The lowest BCUT2D eigenvalue weighted by atomic mass is 10.1. The van der Waals surface area contributed by atoms with Gasteiger partial charge in [0.1, 0.15) is 5.75 Å². The first-order chi connectivity index (χ1) is 9.36. The molecule has 0 radical (unpaired) electrons. The lowest BCUT2D eigenvalue weighted by molar-refractivity contribution is 0.145. The fourth-order valence-electron chi connectivity index (χ4n) is 2.58. The molecule has 0 saturated carbocycles. The summed E-state index contributed by atoms with van der Waals surface area (Å²) in [6, 6.07) is 7.62. The molecule has 0 aromatic heterocycles. The van der Waals surface area contributed by atoms with E-state index in [1.54, 1.807) is 12.1 Å². The van der Waals surface area contributed by atoms with Crippen molar-refractivity contribution in [2.24, 2.45) is 0 Å². The number of phenols is 1. The molecule has 6 heteroatoms. The van der Waals surface area contributed by atoms with E-state index in [1.807, 2.05) is 12.1 Å². The van der Waals surface area contributed by atoms with Crippen LogP contribution in [0, 0.1) is 0 Å². The molecule has 112 valence electrons. The van der Waals surface area contributed by atoms with Crippen molar-refractivity contribution in [3.63, 3.8) is 0 Å². The van der Waals surface area contributed by atoms with Gasteiger partial charge in [0.15, 0.2) is 0 Å². The first-order valence-corrected chi connectivity index (χ1v) is 8.68. The van der Waals surface area contributed by atoms with Crippen molar-refractivity contribution in [1.82, 2.24) is 9.21 Å². The lowest BCUT2D eigenvalue weighted by Gasteiger charge is -2.37. The number of hydrogen-bond acceptors (Lipinski definition) is 4. The minimum Gasteiger partial charge on any atom is -0.508 e. The molecule has 1 N–H and O–H groups in total. The Morgan fingerprint density at radius 2 is 1.70 bits per heavy atom. The third-order valence-corrected chi connectivity index (χ3v) is 5.14. The van der Waals surface area contributed by atoms with Gasteiger partial charge in [-0.3, -0.25) is 4.90 Å². The fourth-order valence-corrected chi connectivity index (χ4v) is 3.40. The molecule has 1 aliphatic rings. The Bertz CT molecular complexity index is 534. The molecule has 1 aliphatic heterocycles. The van der Waals surface area contributed by atoms with Gasteiger partial charge in [0.2, 0.25) is 10.0 Å². The highest BCUT2D eigenvalue weighted by molar-refractivity contribution is 7.88. The van der Waals surface area contributed by atoms with Crippen LogP contribution in [0.25, 0.3) is 0 Å². The van der Waals surface area contributed by atoms with Crippen LogP contribution >= 0.6 is 0 Å². The van der Waals surface area contributed by atoms with Crippen LogP contribution in [0.15, 0.2) is 24.3 Å². The van der Waals surface area contributed by atoms with Crippen molar-refractivity contribution >= 4 is 10.0 Å². The van der Waals surface area contributed by atoms with Crippen LogP contribution in [0.1, 0.15) is 12.5 Å². The summed E-state index contributed by atoms with van der Waals surface area (Å²) in [5, 5.41) is 9.27. The van der Waals surface area contributed by atoms with E-state index in [2.05, 4.69) is 11.8 Å². The summed E-state index contributed by atoms with van der Waals surface area (Å²) in [5.41, 5.74) is 1.18. The zero-order chi connectivity index (χ0) is 14.8. The Labute approximate surface area is 120 Å². The maximum atomic E-state index is 11.5. The first kappa shape index (κ1) is 15.3. The number of aromatic hydroxyl groups is 1. The molecule has 5 nitrogen and oxygen atoms in total. The van der Waals surface area contributed by atoms with Gasteiger partial charge in [-0.1, -0.05) is 12.1 Å². The smallest absolute Gasteiger partial charge is 0.211 e. The van der Waals surface area contributed by atoms with Crippen LogP contribution in [0.3, 0.4) is 0 Å². The van der Waals surface area contributed by atoms with Gasteiger partial charge < -0.3 is 5.11 Å². The highest BCUT2D eigenvalue weighted by Gasteiger charge is 2.25. The number of hydrogen-bond donors (Lipinski definition) is 1. The van der Waals surface area contributed by atoms with Gasteiger partial charge in [-0.15, -0.1) is 0 Å². The molecule has 1 heterocycles. The Hall–Kier alpha value is -1.11. The summed E-state index contributed by atoms with van der Waals surface area (Å²) in [6.07, 6.45) is 2.17. The van der Waals surface area contributed by atoms with E-state index in [0.717, 1.165) is 19.5 Å². The average molecular weight is 298 g/mol. The molecule has 0 bridgehead atoms. The zero-order valence-corrected chi connectivity index (χ0v) is 12.8. The van der Waals surface area contributed by atoms with Gasteiger partial charge in [0.25, 0.3) is 0 Å². The van der Waals surface area contributed by atoms with Crippen molar-refractivity contribution < 1.29 is 13.5 Å². The SMILES string of the molecule is CC(Cc1ccc(O)cc1)N1CCN(S(C)(=O)=O)CC1. The number of phenolic OH excluding ortho intramolecular Hbond substituents is 1. The number of nitrogens with zero attached hydrogens (tertiary/aromatic N) is 2. The van der Waals surface area contributed by atoms with Crippen molar-refractivity contribution in [2.75, 3.05) is 32.4 Å². The first-order valence-electron chi connectivity index (χ1n) is 6.83. The maximum absolute atomic E-state index is 11.5. The summed E-state index contributed by atoms with van der Waals surface area (Å²) in [5.74, 6) is 0.281. The normalized spacial score (nSPS) is 19.9. The van der Waals surface area contributed by atoms with Crippen molar-refractivity contribution in [3.8, 4) is 5.75 Å². The van der Waals surface area contributed by atoms with Crippen LogP contribution < -0.4 is 0 Å². The molecule has 1 saturated heterocycles. The van der Waals surface area contributed by atoms with Crippen molar-refractivity contribution in [2.45, 2.75) is 19.4 Å². The fraction of sp³-hybridized carbons (Fsp3) is 0.571. The second-order valence-corrected chi connectivity index (χ2v) is 7.40. The summed E-state index contributed by atoms with van der Waals surface area (Å²) < 4.78 is 24.5. The zero-order valence-electron chi connectivity index (χ0n) is 12.0. The van der Waals surface area contributed by atoms with E-state index >= 15 is 0 Å². The predicted octanol–water partition coefficient (Wildman–Crippen LogP) is 0.900. The van der Waals surface area contributed by atoms with E-state index in [0.29, 0.717) is 19.1 Å². The summed E-state index contributed by atoms with van der Waals surface area (Å²) in [6.45, 7) is 4.83. The predicted molar refractivity (Wildman–Crippen MR) is 79.3 cm³/mol. The van der Waals surface area contributed by atoms with Gasteiger partial charge in [-0.05, 0) is 31.0 Å². The molecule has 0 amide bonds. The quantitative estimate of drug-likeness (QED) is 0.897. The second-order valence-electron chi connectivity index (χ2n) is 5.42. The molecule has 1 atom stereocenters. The minimum atomic E-state index is -3.06. The average Bonchev–Trinajstić information content (AvgIpc) is 2.40. The molecule has 1 fully saturated rings. The summed E-state index contributed by atoms with van der Waals surface area (Å²) in [7, 11) is -3.06. The number of rotatable bonds is 4. The maximum Gasteiger partial charge on any atom is 0.211 e. The second kappa shape index (κ2) is 6.11. The molecule has 0 aliphatic carbocycles. The van der Waals surface area contributed by atoms with Crippen LogP contribution in [0.2, 0.25) is 0 Å². The third kappa shape index (κ3) is 3.94. The molecule has 1 aromatic rings. The van der Waals surface area contributed by atoms with Crippen LogP contribution in [0.5, 0.6) is 5.75 Å². The van der Waals surface area contributed by atoms with Gasteiger partial charge in [0, 0.05) is 32.2 Å². The number of sulfonamides is 1. The van der Waals surface area contributed by atoms with E-state index in [1.165, 1.54) is 16.1 Å². The Balaban J connectivity index is 1.89. The third-order valence-electron chi connectivity index (χ3n) is 3.83. The largest absolute Gasteiger partial charge is 0.508 e. The van der Waals surface area contributed by atoms with E-state index in [-0.39, 0.29) is 5.75 Å². The standard InChI is InChI=1S/C14H22N2O3S/c1-12(11-13-3-5-14(17)6-4-13)15-7-9-16(10-8-15)20(2,18)19/h3-6,12,17H,7-11H2,1-2H3. The molecular formula is C14H22N2O3S. The number of benzene rings is 1. The van der Waals surface area contributed by atoms with Crippen LogP contribution in [-0.2, 0) is 16.4 Å². The van der Waals surface area contributed by atoms with Crippen molar-refractivity contribution in [1.29, 1.82) is 0 Å². The minimum absolute atomic E-state index is 0.281. The van der Waals surface area contributed by atoms with Gasteiger partial charge in [0.05, 0.1) is 6.26 Å². The van der Waals surface area contributed by atoms with E-state index in [4.69, 9.17) is 0 Å². The molecule has 20 heavy (non-hydrogen) atoms. The van der Waals surface area contributed by atoms with Gasteiger partial charge in [-0.25, -0.2) is 8.42 Å².